The van der Waals surface area contributed by atoms with E-state index in [1.54, 1.807) is 42.6 Å². The highest BCUT2D eigenvalue weighted by molar-refractivity contribution is 6.04. The lowest BCUT2D eigenvalue weighted by Crippen LogP contribution is -2.48. The van der Waals surface area contributed by atoms with Gasteiger partial charge in [0.2, 0.25) is 11.8 Å². The predicted molar refractivity (Wildman–Crippen MR) is 137 cm³/mol. The van der Waals surface area contributed by atoms with Gasteiger partial charge in [-0.2, -0.15) is 0 Å². The van der Waals surface area contributed by atoms with E-state index in [4.69, 9.17) is 18.6 Å². The van der Waals surface area contributed by atoms with E-state index in [9.17, 15) is 14.4 Å². The van der Waals surface area contributed by atoms with Crippen molar-refractivity contribution in [2.75, 3.05) is 38.8 Å². The van der Waals surface area contributed by atoms with E-state index in [-0.39, 0.29) is 11.9 Å². The van der Waals surface area contributed by atoms with E-state index in [1.807, 2.05) is 0 Å². The first-order chi connectivity index (χ1) is 18.5. The Bertz CT molecular complexity index is 1230. The molecule has 0 bridgehead atoms. The Balaban J connectivity index is 1.68. The highest BCUT2D eigenvalue weighted by Gasteiger charge is 2.34. The number of aromatic nitrogens is 1. The largest absolute Gasteiger partial charge is 0.493 e. The Kier molecular flexibility index (Phi) is 8.94. The first kappa shape index (κ1) is 26.7. The average Bonchev–Trinajstić information content (AvgIpc) is 3.68. The fourth-order valence-electron chi connectivity index (χ4n) is 4.23. The third kappa shape index (κ3) is 6.30. The molecule has 2 N–H and O–H groups in total. The number of hydrogen-bond acceptors (Lipinski definition) is 8. The molecule has 3 aromatic rings. The highest BCUT2D eigenvalue weighted by atomic mass is 16.5. The number of anilines is 1. The fourth-order valence-corrected chi connectivity index (χ4v) is 4.23. The molecule has 38 heavy (non-hydrogen) atoms. The molecule has 11 heteroatoms. The number of rotatable bonds is 11. The number of benzene rings is 1. The highest BCUT2D eigenvalue weighted by Crippen LogP contribution is 2.34. The minimum atomic E-state index is -1.12. The van der Waals surface area contributed by atoms with Crippen LogP contribution in [0.1, 0.15) is 35.0 Å². The Labute approximate surface area is 220 Å². The van der Waals surface area contributed by atoms with Gasteiger partial charge in [0.25, 0.3) is 5.91 Å². The van der Waals surface area contributed by atoms with Crippen LogP contribution in [0.25, 0.3) is 0 Å². The van der Waals surface area contributed by atoms with Gasteiger partial charge in [-0.25, -0.2) is 0 Å². The van der Waals surface area contributed by atoms with Crippen molar-refractivity contribution in [3.05, 3.63) is 72.4 Å². The molecule has 0 saturated carbocycles. The molecule has 200 valence electrons. The maximum atomic E-state index is 13.7. The molecule has 1 aliphatic rings. The van der Waals surface area contributed by atoms with Crippen LogP contribution in [0.3, 0.4) is 0 Å². The summed E-state index contributed by atoms with van der Waals surface area (Å²) in [5, 5.41) is 5.49. The van der Waals surface area contributed by atoms with E-state index in [2.05, 4.69) is 15.6 Å². The van der Waals surface area contributed by atoms with Gasteiger partial charge in [0.15, 0.2) is 17.3 Å². The quantitative estimate of drug-likeness (QED) is 0.393. The van der Waals surface area contributed by atoms with E-state index in [1.165, 1.54) is 37.6 Å². The van der Waals surface area contributed by atoms with Crippen LogP contribution in [0.4, 0.5) is 5.69 Å². The van der Waals surface area contributed by atoms with E-state index in [0.717, 1.165) is 12.8 Å². The van der Waals surface area contributed by atoms with Gasteiger partial charge in [-0.1, -0.05) is 6.07 Å². The van der Waals surface area contributed by atoms with Gasteiger partial charge >= 0.3 is 0 Å². The van der Waals surface area contributed by atoms with Gasteiger partial charge in [-0.15, -0.1) is 0 Å². The number of furan rings is 1. The number of pyridine rings is 1. The van der Waals surface area contributed by atoms with Crippen LogP contribution in [0.5, 0.6) is 11.5 Å². The number of amides is 3. The Hall–Kier alpha value is -4.38. The third-order valence-corrected chi connectivity index (χ3v) is 6.10. The van der Waals surface area contributed by atoms with Crippen molar-refractivity contribution >= 4 is 23.4 Å². The monoisotopic (exact) mass is 522 g/mol. The SMILES string of the molecule is COc1ccc([C@@H](C(=O)NC[C@H]2CCCO2)N(C(=O)CNC(=O)c2ccco2)c2cccnc2)cc1OC. The number of ether oxygens (including phenoxy) is 3. The second kappa shape index (κ2) is 12.7. The lowest BCUT2D eigenvalue weighted by Gasteiger charge is -2.32. The fraction of sp³-hybridized carbons (Fsp3) is 0.333. The molecule has 1 aromatic carbocycles. The first-order valence-corrected chi connectivity index (χ1v) is 12.2. The summed E-state index contributed by atoms with van der Waals surface area (Å²) in [5.74, 6) is -0.588. The number of nitrogens with one attached hydrogen (secondary N) is 2. The molecule has 2 atom stereocenters. The number of carbonyl (C=O) groups is 3. The van der Waals surface area contributed by atoms with Crippen molar-refractivity contribution < 1.29 is 33.0 Å². The van der Waals surface area contributed by atoms with Crippen LogP contribution in [0.2, 0.25) is 0 Å². The number of methoxy groups -OCH3 is 2. The molecule has 1 fully saturated rings. The number of nitrogens with zero attached hydrogens (tertiary/aromatic N) is 2. The number of carbonyl (C=O) groups excluding carboxylic acids is 3. The average molecular weight is 523 g/mol. The lowest BCUT2D eigenvalue weighted by atomic mass is 10.0. The zero-order valence-electron chi connectivity index (χ0n) is 21.2. The second-order valence-electron chi connectivity index (χ2n) is 8.53. The molecule has 0 radical (unpaired) electrons. The predicted octanol–water partition coefficient (Wildman–Crippen LogP) is 2.49. The van der Waals surface area contributed by atoms with E-state index < -0.39 is 30.3 Å². The first-order valence-electron chi connectivity index (χ1n) is 12.2. The summed E-state index contributed by atoms with van der Waals surface area (Å²) in [6.45, 7) is 0.555. The van der Waals surface area contributed by atoms with Gasteiger partial charge < -0.3 is 29.3 Å². The van der Waals surface area contributed by atoms with Crippen molar-refractivity contribution in [1.29, 1.82) is 0 Å². The summed E-state index contributed by atoms with van der Waals surface area (Å²) >= 11 is 0. The molecule has 3 heterocycles. The molecule has 0 spiro atoms. The molecule has 2 aromatic heterocycles. The molecular weight excluding hydrogens is 492 g/mol. The van der Waals surface area contributed by atoms with Gasteiger partial charge in [-0.05, 0) is 54.8 Å². The molecule has 0 aliphatic carbocycles. The Morgan fingerprint density at radius 3 is 2.61 bits per heavy atom. The van der Waals surface area contributed by atoms with Crippen LogP contribution >= 0.6 is 0 Å². The minimum Gasteiger partial charge on any atom is -0.493 e. The molecule has 11 nitrogen and oxygen atoms in total. The van der Waals surface area contributed by atoms with Crippen LogP contribution in [-0.4, -0.2) is 62.7 Å². The van der Waals surface area contributed by atoms with Crippen LogP contribution in [0.15, 0.2) is 65.5 Å². The molecular formula is C27H30N4O7. The van der Waals surface area contributed by atoms with E-state index in [0.29, 0.717) is 35.9 Å². The summed E-state index contributed by atoms with van der Waals surface area (Å²) < 4.78 is 21.6. The van der Waals surface area contributed by atoms with Crippen LogP contribution < -0.4 is 25.0 Å². The summed E-state index contributed by atoms with van der Waals surface area (Å²) in [6.07, 6.45) is 6.08. The topological polar surface area (TPSA) is 132 Å². The zero-order valence-corrected chi connectivity index (χ0v) is 21.2. The molecule has 4 rings (SSSR count). The summed E-state index contributed by atoms with van der Waals surface area (Å²) in [6, 6.07) is 10.3. The normalized spacial score (nSPS) is 15.4. The summed E-state index contributed by atoms with van der Waals surface area (Å²) in [7, 11) is 3.00. The van der Waals surface area contributed by atoms with Gasteiger partial charge in [0, 0.05) is 19.3 Å². The second-order valence-corrected chi connectivity index (χ2v) is 8.53. The van der Waals surface area contributed by atoms with Gasteiger partial charge in [-0.3, -0.25) is 24.3 Å². The standard InChI is InChI=1S/C27H30N4O7/c1-35-21-10-9-18(14-23(21)36-2)25(27(34)29-16-20-7-4-12-37-20)31(19-6-3-11-28-15-19)24(32)17-30-26(33)22-8-5-13-38-22/h3,5-6,8-11,13-15,20,25H,4,7,12,16-17H2,1-2H3,(H,29,34)(H,30,33)/t20-,25+/m1/s1. The van der Waals surface area contributed by atoms with Gasteiger partial charge in [0.05, 0.1) is 45.0 Å². The molecule has 0 unspecified atom stereocenters. The van der Waals surface area contributed by atoms with Crippen molar-refractivity contribution in [1.82, 2.24) is 15.6 Å². The number of hydrogen-bond donors (Lipinski definition) is 2. The maximum absolute atomic E-state index is 13.7. The maximum Gasteiger partial charge on any atom is 0.287 e. The van der Waals surface area contributed by atoms with Gasteiger partial charge in [0.1, 0.15) is 6.04 Å². The molecule has 1 saturated heterocycles. The van der Waals surface area contributed by atoms with Crippen molar-refractivity contribution in [2.45, 2.75) is 25.0 Å². The molecule has 3 amide bonds. The lowest BCUT2D eigenvalue weighted by molar-refractivity contribution is -0.126. The molecule has 1 aliphatic heterocycles. The summed E-state index contributed by atoms with van der Waals surface area (Å²) in [4.78, 5) is 45.3. The summed E-state index contributed by atoms with van der Waals surface area (Å²) in [5.41, 5.74) is 0.846. The Morgan fingerprint density at radius 2 is 1.95 bits per heavy atom. The third-order valence-electron chi connectivity index (χ3n) is 6.10. The smallest absolute Gasteiger partial charge is 0.287 e. The zero-order chi connectivity index (χ0) is 26.9. The minimum absolute atomic E-state index is 0.0662. The Morgan fingerprint density at radius 1 is 1.11 bits per heavy atom. The van der Waals surface area contributed by atoms with E-state index >= 15 is 0 Å². The van der Waals surface area contributed by atoms with Crippen LogP contribution in [-0.2, 0) is 14.3 Å². The van der Waals surface area contributed by atoms with Crippen molar-refractivity contribution in [3.63, 3.8) is 0 Å². The van der Waals surface area contributed by atoms with Crippen molar-refractivity contribution in [2.24, 2.45) is 0 Å². The van der Waals surface area contributed by atoms with Crippen molar-refractivity contribution in [3.8, 4) is 11.5 Å². The van der Waals surface area contributed by atoms with Crippen LogP contribution in [0, 0.1) is 0 Å².